The lowest BCUT2D eigenvalue weighted by Gasteiger charge is -2.03. The highest BCUT2D eigenvalue weighted by Crippen LogP contribution is 2.21. The van der Waals surface area contributed by atoms with Gasteiger partial charge in [-0.3, -0.25) is 9.79 Å². The Balaban J connectivity index is 2.28. The number of rotatable bonds is 2. The van der Waals surface area contributed by atoms with Crippen molar-refractivity contribution in [1.29, 1.82) is 0 Å². The Labute approximate surface area is 82.9 Å². The molecular formula is C11H12N2O. The number of hydrogen-bond acceptors (Lipinski definition) is 2. The fourth-order valence-corrected chi connectivity index (χ4v) is 1.50. The van der Waals surface area contributed by atoms with E-state index in [1.807, 2.05) is 37.3 Å². The summed E-state index contributed by atoms with van der Waals surface area (Å²) in [7, 11) is 0. The first-order chi connectivity index (χ1) is 6.81. The summed E-state index contributed by atoms with van der Waals surface area (Å²) in [6.07, 6.45) is 0.773. The molecule has 0 aromatic heterocycles. The smallest absolute Gasteiger partial charge is 0.254 e. The number of amides is 1. The van der Waals surface area contributed by atoms with Crippen molar-refractivity contribution < 1.29 is 4.79 Å². The van der Waals surface area contributed by atoms with Crippen molar-refractivity contribution in [1.82, 2.24) is 5.32 Å². The Bertz CT molecular complexity index is 370. The topological polar surface area (TPSA) is 41.5 Å². The SMILES string of the molecule is CCC1=NC(c2ccccc2)C(=O)N1. The third-order valence-corrected chi connectivity index (χ3v) is 2.25. The summed E-state index contributed by atoms with van der Waals surface area (Å²) in [5, 5.41) is 2.76. The van der Waals surface area contributed by atoms with E-state index in [0.717, 1.165) is 17.8 Å². The van der Waals surface area contributed by atoms with Gasteiger partial charge in [0.2, 0.25) is 0 Å². The van der Waals surface area contributed by atoms with Gasteiger partial charge in [-0.25, -0.2) is 0 Å². The molecule has 1 N–H and O–H groups in total. The van der Waals surface area contributed by atoms with Crippen molar-refractivity contribution in [2.45, 2.75) is 19.4 Å². The van der Waals surface area contributed by atoms with Crippen molar-refractivity contribution in [2.24, 2.45) is 4.99 Å². The molecule has 0 spiro atoms. The van der Waals surface area contributed by atoms with E-state index in [9.17, 15) is 4.79 Å². The number of nitrogens with one attached hydrogen (secondary N) is 1. The summed E-state index contributed by atoms with van der Waals surface area (Å²) in [6.45, 7) is 1.98. The number of nitrogens with zero attached hydrogens (tertiary/aromatic N) is 1. The lowest BCUT2D eigenvalue weighted by molar-refractivity contribution is -0.120. The minimum absolute atomic E-state index is 0.0203. The molecule has 1 amide bonds. The highest BCUT2D eigenvalue weighted by molar-refractivity contribution is 6.06. The fraction of sp³-hybridized carbons (Fsp3) is 0.273. The fourth-order valence-electron chi connectivity index (χ4n) is 1.50. The minimum Gasteiger partial charge on any atom is -0.312 e. The Kier molecular flexibility index (Phi) is 2.31. The number of carbonyl (C=O) groups is 1. The number of carbonyl (C=O) groups excluding carboxylic acids is 1. The first kappa shape index (κ1) is 8.94. The van der Waals surface area contributed by atoms with Gasteiger partial charge in [0.15, 0.2) is 6.04 Å². The highest BCUT2D eigenvalue weighted by Gasteiger charge is 2.26. The molecule has 0 saturated heterocycles. The summed E-state index contributed by atoms with van der Waals surface area (Å²) in [5.41, 5.74) is 0.952. The molecule has 1 heterocycles. The van der Waals surface area contributed by atoms with Crippen LogP contribution in [0, 0.1) is 0 Å². The average Bonchev–Trinajstić information content (AvgIpc) is 2.61. The van der Waals surface area contributed by atoms with Crippen LogP contribution >= 0.6 is 0 Å². The summed E-state index contributed by atoms with van der Waals surface area (Å²) < 4.78 is 0. The predicted octanol–water partition coefficient (Wildman–Crippen LogP) is 1.67. The molecule has 1 aliphatic heterocycles. The van der Waals surface area contributed by atoms with Crippen LogP contribution in [0.15, 0.2) is 35.3 Å². The minimum atomic E-state index is -0.342. The van der Waals surface area contributed by atoms with E-state index in [-0.39, 0.29) is 11.9 Å². The van der Waals surface area contributed by atoms with Crippen molar-refractivity contribution in [3.63, 3.8) is 0 Å². The maximum atomic E-state index is 11.5. The zero-order chi connectivity index (χ0) is 9.97. The van der Waals surface area contributed by atoms with Crippen LogP contribution in [-0.4, -0.2) is 11.7 Å². The molecule has 2 rings (SSSR count). The largest absolute Gasteiger partial charge is 0.312 e. The van der Waals surface area contributed by atoms with Gasteiger partial charge >= 0.3 is 0 Å². The third kappa shape index (κ3) is 1.53. The molecule has 0 bridgehead atoms. The number of aliphatic imine (C=N–C) groups is 1. The first-order valence-corrected chi connectivity index (χ1v) is 4.73. The number of amidine groups is 1. The molecule has 1 aromatic rings. The molecule has 1 unspecified atom stereocenters. The Morgan fingerprint density at radius 1 is 1.36 bits per heavy atom. The molecule has 0 fully saturated rings. The molecule has 3 nitrogen and oxygen atoms in total. The van der Waals surface area contributed by atoms with Gasteiger partial charge in [0.1, 0.15) is 5.84 Å². The number of benzene rings is 1. The zero-order valence-electron chi connectivity index (χ0n) is 8.03. The van der Waals surface area contributed by atoms with Crippen LogP contribution < -0.4 is 5.32 Å². The molecule has 14 heavy (non-hydrogen) atoms. The molecule has 1 aromatic carbocycles. The maximum Gasteiger partial charge on any atom is 0.254 e. The predicted molar refractivity (Wildman–Crippen MR) is 55.1 cm³/mol. The monoisotopic (exact) mass is 188 g/mol. The molecule has 1 atom stereocenters. The van der Waals surface area contributed by atoms with Crippen molar-refractivity contribution in [3.8, 4) is 0 Å². The van der Waals surface area contributed by atoms with Gasteiger partial charge in [0, 0.05) is 6.42 Å². The van der Waals surface area contributed by atoms with E-state index < -0.39 is 0 Å². The summed E-state index contributed by atoms with van der Waals surface area (Å²) in [4.78, 5) is 15.8. The van der Waals surface area contributed by atoms with Gasteiger partial charge in [-0.05, 0) is 5.56 Å². The molecule has 0 aliphatic carbocycles. The van der Waals surface area contributed by atoms with E-state index in [1.165, 1.54) is 0 Å². The Morgan fingerprint density at radius 2 is 2.07 bits per heavy atom. The second kappa shape index (κ2) is 3.62. The van der Waals surface area contributed by atoms with Gasteiger partial charge in [-0.2, -0.15) is 0 Å². The molecule has 0 saturated carbocycles. The lowest BCUT2D eigenvalue weighted by Crippen LogP contribution is -2.25. The average molecular weight is 188 g/mol. The second-order valence-electron chi connectivity index (χ2n) is 3.23. The Morgan fingerprint density at radius 3 is 2.64 bits per heavy atom. The maximum absolute atomic E-state index is 11.5. The summed E-state index contributed by atoms with van der Waals surface area (Å²) in [5.74, 6) is 0.761. The summed E-state index contributed by atoms with van der Waals surface area (Å²) >= 11 is 0. The van der Waals surface area contributed by atoms with Gasteiger partial charge in [0.05, 0.1) is 0 Å². The van der Waals surface area contributed by atoms with Crippen LogP contribution in [0.4, 0.5) is 0 Å². The van der Waals surface area contributed by atoms with Crippen molar-refractivity contribution >= 4 is 11.7 Å². The zero-order valence-corrected chi connectivity index (χ0v) is 8.03. The highest BCUT2D eigenvalue weighted by atomic mass is 16.2. The standard InChI is InChI=1S/C11H12N2O/c1-2-9-12-10(11(14)13-9)8-6-4-3-5-7-8/h3-7,10H,2H2,1H3,(H,12,13,14). The van der Waals surface area contributed by atoms with E-state index in [4.69, 9.17) is 0 Å². The molecule has 72 valence electrons. The van der Waals surface area contributed by atoms with Crippen LogP contribution in [0.2, 0.25) is 0 Å². The van der Waals surface area contributed by atoms with Crippen molar-refractivity contribution in [3.05, 3.63) is 35.9 Å². The van der Waals surface area contributed by atoms with Gasteiger partial charge in [0.25, 0.3) is 5.91 Å². The quantitative estimate of drug-likeness (QED) is 0.753. The van der Waals surface area contributed by atoms with E-state index in [1.54, 1.807) is 0 Å². The van der Waals surface area contributed by atoms with E-state index >= 15 is 0 Å². The van der Waals surface area contributed by atoms with Gasteiger partial charge in [-0.15, -0.1) is 0 Å². The van der Waals surface area contributed by atoms with Crippen LogP contribution in [0.25, 0.3) is 0 Å². The van der Waals surface area contributed by atoms with E-state index in [2.05, 4.69) is 10.3 Å². The van der Waals surface area contributed by atoms with Crippen LogP contribution in [0.3, 0.4) is 0 Å². The van der Waals surface area contributed by atoms with Crippen LogP contribution in [0.5, 0.6) is 0 Å². The van der Waals surface area contributed by atoms with E-state index in [0.29, 0.717) is 0 Å². The molecule has 1 aliphatic rings. The Hall–Kier alpha value is -1.64. The number of hydrogen-bond donors (Lipinski definition) is 1. The molecule has 3 heteroatoms. The lowest BCUT2D eigenvalue weighted by atomic mass is 10.1. The molecule has 0 radical (unpaired) electrons. The molecular weight excluding hydrogens is 176 g/mol. The third-order valence-electron chi connectivity index (χ3n) is 2.25. The van der Waals surface area contributed by atoms with Gasteiger partial charge < -0.3 is 5.32 Å². The van der Waals surface area contributed by atoms with Crippen LogP contribution in [-0.2, 0) is 4.79 Å². The summed E-state index contributed by atoms with van der Waals surface area (Å²) in [6, 6.07) is 9.27. The normalized spacial score (nSPS) is 20.5. The van der Waals surface area contributed by atoms with Crippen molar-refractivity contribution in [2.75, 3.05) is 0 Å². The first-order valence-electron chi connectivity index (χ1n) is 4.73. The van der Waals surface area contributed by atoms with Crippen LogP contribution in [0.1, 0.15) is 24.9 Å². The second-order valence-corrected chi connectivity index (χ2v) is 3.23. The van der Waals surface area contributed by atoms with Gasteiger partial charge in [-0.1, -0.05) is 37.3 Å².